The Labute approximate surface area is 113 Å². The highest BCUT2D eigenvalue weighted by atomic mass is 16.5. The molecule has 1 amide bonds. The predicted molar refractivity (Wildman–Crippen MR) is 72.8 cm³/mol. The Hall–Kier alpha value is -1.84. The SMILES string of the molecule is Cc1cc(C)cc(NC(=O)COC(=O)C2CCC2)c1. The lowest BCUT2D eigenvalue weighted by Gasteiger charge is -2.22. The number of nitrogens with one attached hydrogen (secondary N) is 1. The number of rotatable bonds is 4. The summed E-state index contributed by atoms with van der Waals surface area (Å²) in [6.45, 7) is 3.74. The van der Waals surface area contributed by atoms with Crippen LogP contribution in [0.2, 0.25) is 0 Å². The molecule has 0 unspecified atom stereocenters. The maximum atomic E-state index is 11.7. The molecule has 4 nitrogen and oxygen atoms in total. The van der Waals surface area contributed by atoms with E-state index in [0.29, 0.717) is 0 Å². The molecule has 0 saturated heterocycles. The van der Waals surface area contributed by atoms with Crippen molar-refractivity contribution in [1.29, 1.82) is 0 Å². The molecule has 0 aromatic heterocycles. The first-order valence-electron chi connectivity index (χ1n) is 6.59. The summed E-state index contributed by atoms with van der Waals surface area (Å²) < 4.78 is 4.99. The van der Waals surface area contributed by atoms with Crippen molar-refractivity contribution in [3.05, 3.63) is 29.3 Å². The van der Waals surface area contributed by atoms with Crippen LogP contribution < -0.4 is 5.32 Å². The molecule has 1 saturated carbocycles. The molecule has 4 heteroatoms. The van der Waals surface area contributed by atoms with Crippen LogP contribution in [0.1, 0.15) is 30.4 Å². The van der Waals surface area contributed by atoms with Gasteiger partial charge in [0.05, 0.1) is 5.92 Å². The van der Waals surface area contributed by atoms with E-state index in [4.69, 9.17) is 4.74 Å². The fourth-order valence-electron chi connectivity index (χ4n) is 2.14. The summed E-state index contributed by atoms with van der Waals surface area (Å²) in [5, 5.41) is 2.74. The third-order valence-electron chi connectivity index (χ3n) is 3.29. The maximum absolute atomic E-state index is 11.7. The van der Waals surface area contributed by atoms with Gasteiger partial charge in [-0.1, -0.05) is 12.5 Å². The Kier molecular flexibility index (Phi) is 4.20. The molecule has 1 fully saturated rings. The van der Waals surface area contributed by atoms with E-state index < -0.39 is 0 Å². The van der Waals surface area contributed by atoms with Crippen molar-refractivity contribution in [2.24, 2.45) is 5.92 Å². The molecule has 1 aliphatic rings. The van der Waals surface area contributed by atoms with E-state index in [1.165, 1.54) is 0 Å². The number of esters is 1. The molecule has 102 valence electrons. The smallest absolute Gasteiger partial charge is 0.309 e. The summed E-state index contributed by atoms with van der Waals surface area (Å²) in [5.41, 5.74) is 2.91. The first-order valence-corrected chi connectivity index (χ1v) is 6.59. The van der Waals surface area contributed by atoms with Gasteiger partial charge in [-0.2, -0.15) is 0 Å². The van der Waals surface area contributed by atoms with Gasteiger partial charge in [0.2, 0.25) is 0 Å². The Balaban J connectivity index is 1.81. The number of benzene rings is 1. The Morgan fingerprint density at radius 3 is 2.37 bits per heavy atom. The minimum Gasteiger partial charge on any atom is -0.455 e. The minimum atomic E-state index is -0.294. The molecule has 1 aliphatic carbocycles. The summed E-state index contributed by atoms with van der Waals surface area (Å²) in [6.07, 6.45) is 2.85. The zero-order valence-electron chi connectivity index (χ0n) is 11.4. The van der Waals surface area contributed by atoms with E-state index >= 15 is 0 Å². The van der Waals surface area contributed by atoms with Gasteiger partial charge in [-0.3, -0.25) is 9.59 Å². The third kappa shape index (κ3) is 3.81. The maximum Gasteiger partial charge on any atom is 0.309 e. The van der Waals surface area contributed by atoms with Crippen LogP contribution in [0.15, 0.2) is 18.2 Å². The van der Waals surface area contributed by atoms with Crippen LogP contribution in [0.25, 0.3) is 0 Å². The number of hydrogen-bond donors (Lipinski definition) is 1. The van der Waals surface area contributed by atoms with E-state index in [1.807, 2.05) is 32.0 Å². The van der Waals surface area contributed by atoms with Crippen molar-refractivity contribution in [3.8, 4) is 0 Å². The molecule has 0 bridgehead atoms. The number of amides is 1. The zero-order chi connectivity index (χ0) is 13.8. The molecule has 1 aromatic rings. The molecule has 1 aromatic carbocycles. The highest BCUT2D eigenvalue weighted by molar-refractivity contribution is 5.93. The second-order valence-corrected chi connectivity index (χ2v) is 5.16. The van der Waals surface area contributed by atoms with E-state index in [1.54, 1.807) is 0 Å². The van der Waals surface area contributed by atoms with Gasteiger partial charge in [0.1, 0.15) is 0 Å². The molecule has 0 radical (unpaired) electrons. The van der Waals surface area contributed by atoms with E-state index in [9.17, 15) is 9.59 Å². The summed E-state index contributed by atoms with van der Waals surface area (Å²) in [5.74, 6) is -0.534. The second kappa shape index (κ2) is 5.87. The van der Waals surface area contributed by atoms with Crippen LogP contribution >= 0.6 is 0 Å². The average Bonchev–Trinajstić information content (AvgIpc) is 2.22. The second-order valence-electron chi connectivity index (χ2n) is 5.16. The quantitative estimate of drug-likeness (QED) is 0.847. The lowest BCUT2D eigenvalue weighted by atomic mass is 9.86. The molecule has 2 rings (SSSR count). The topological polar surface area (TPSA) is 55.4 Å². The molecular weight excluding hydrogens is 242 g/mol. The van der Waals surface area contributed by atoms with Crippen LogP contribution in [0.4, 0.5) is 5.69 Å². The molecule has 0 aliphatic heterocycles. The zero-order valence-corrected chi connectivity index (χ0v) is 11.4. The summed E-state index contributed by atoms with van der Waals surface area (Å²) >= 11 is 0. The molecule has 0 atom stereocenters. The van der Waals surface area contributed by atoms with E-state index in [2.05, 4.69) is 5.32 Å². The number of hydrogen-bond acceptors (Lipinski definition) is 3. The Bertz CT molecular complexity index is 472. The molecule has 19 heavy (non-hydrogen) atoms. The average molecular weight is 261 g/mol. The van der Waals surface area contributed by atoms with Gasteiger partial charge in [-0.15, -0.1) is 0 Å². The molecule has 0 spiro atoms. The first kappa shape index (κ1) is 13.6. The fraction of sp³-hybridized carbons (Fsp3) is 0.467. The van der Waals surface area contributed by atoms with Crippen molar-refractivity contribution in [2.75, 3.05) is 11.9 Å². The number of aryl methyl sites for hydroxylation is 2. The van der Waals surface area contributed by atoms with Crippen molar-refractivity contribution in [1.82, 2.24) is 0 Å². The van der Waals surface area contributed by atoms with Gasteiger partial charge in [0, 0.05) is 5.69 Å². The monoisotopic (exact) mass is 261 g/mol. The van der Waals surface area contributed by atoms with Crippen LogP contribution in [-0.4, -0.2) is 18.5 Å². The number of anilines is 1. The van der Waals surface area contributed by atoms with Crippen molar-refractivity contribution < 1.29 is 14.3 Å². The van der Waals surface area contributed by atoms with Crippen LogP contribution in [0, 0.1) is 19.8 Å². The van der Waals surface area contributed by atoms with Crippen LogP contribution in [0.5, 0.6) is 0 Å². The van der Waals surface area contributed by atoms with Crippen LogP contribution in [0.3, 0.4) is 0 Å². The highest BCUT2D eigenvalue weighted by Gasteiger charge is 2.27. The van der Waals surface area contributed by atoms with Gasteiger partial charge in [-0.05, 0) is 49.9 Å². The van der Waals surface area contributed by atoms with Gasteiger partial charge in [0.15, 0.2) is 6.61 Å². The lowest BCUT2D eigenvalue weighted by Crippen LogP contribution is -2.28. The predicted octanol–water partition coefficient (Wildman–Crippen LogP) is 2.59. The van der Waals surface area contributed by atoms with Gasteiger partial charge < -0.3 is 10.1 Å². The van der Waals surface area contributed by atoms with Gasteiger partial charge in [0.25, 0.3) is 5.91 Å². The Morgan fingerprint density at radius 2 is 1.84 bits per heavy atom. The van der Waals surface area contributed by atoms with Crippen LogP contribution in [-0.2, 0) is 14.3 Å². The highest BCUT2D eigenvalue weighted by Crippen LogP contribution is 2.27. The standard InChI is InChI=1S/C15H19NO3/c1-10-6-11(2)8-13(7-10)16-14(17)9-19-15(18)12-4-3-5-12/h6-8,12H,3-5,9H2,1-2H3,(H,16,17). The largest absolute Gasteiger partial charge is 0.455 e. The van der Waals surface area contributed by atoms with Crippen molar-refractivity contribution in [3.63, 3.8) is 0 Å². The first-order chi connectivity index (χ1) is 9.04. The van der Waals surface area contributed by atoms with Crippen molar-refractivity contribution >= 4 is 17.6 Å². The Morgan fingerprint density at radius 1 is 1.21 bits per heavy atom. The fourth-order valence-corrected chi connectivity index (χ4v) is 2.14. The molecular formula is C15H19NO3. The van der Waals surface area contributed by atoms with Gasteiger partial charge >= 0.3 is 5.97 Å². The summed E-state index contributed by atoms with van der Waals surface area (Å²) in [4.78, 5) is 23.2. The number of carbonyl (C=O) groups is 2. The lowest BCUT2D eigenvalue weighted by molar-refractivity contribution is -0.154. The van der Waals surface area contributed by atoms with Crippen molar-refractivity contribution in [2.45, 2.75) is 33.1 Å². The third-order valence-corrected chi connectivity index (χ3v) is 3.29. The minimum absolute atomic E-state index is 0.00835. The molecule has 0 heterocycles. The van der Waals surface area contributed by atoms with E-state index in [-0.39, 0.29) is 24.4 Å². The van der Waals surface area contributed by atoms with E-state index in [0.717, 1.165) is 36.1 Å². The number of carbonyl (C=O) groups excluding carboxylic acids is 2. The summed E-state index contributed by atoms with van der Waals surface area (Å²) in [6, 6.07) is 5.81. The molecule has 1 N–H and O–H groups in total. The summed E-state index contributed by atoms with van der Waals surface area (Å²) in [7, 11) is 0. The number of ether oxygens (including phenoxy) is 1. The van der Waals surface area contributed by atoms with Gasteiger partial charge in [-0.25, -0.2) is 0 Å². The normalized spacial score (nSPS) is 14.6.